The third kappa shape index (κ3) is 4.69. The number of furan rings is 1. The number of aliphatic hydroxyl groups is 1. The summed E-state index contributed by atoms with van der Waals surface area (Å²) in [6.45, 7) is 11.4. The van der Waals surface area contributed by atoms with Crippen LogP contribution < -0.4 is 10.6 Å². The van der Waals surface area contributed by atoms with Crippen LogP contribution in [-0.2, 0) is 13.0 Å². The van der Waals surface area contributed by atoms with E-state index in [1.807, 2.05) is 13.0 Å². The molecule has 1 aliphatic carbocycles. The van der Waals surface area contributed by atoms with Gasteiger partial charge in [-0.1, -0.05) is 20.8 Å². The van der Waals surface area contributed by atoms with Crippen molar-refractivity contribution in [1.82, 2.24) is 19.9 Å². The van der Waals surface area contributed by atoms with Gasteiger partial charge in [-0.05, 0) is 55.7 Å². The van der Waals surface area contributed by atoms with E-state index < -0.39 is 0 Å². The maximum atomic E-state index is 9.87. The van der Waals surface area contributed by atoms with Crippen LogP contribution in [0.25, 0.3) is 20.8 Å². The standard InChI is InChI=1S/C27H34N6O2S/c1-6-22-14(2)9-19(35-22)11-29-27-30-17(5)24(26-32-21-12-28-8-7-23(21)36-26)25(33-27)31-20-10-18(13-34)15(3)16(20)4/h7-9,12,15-16,18,20,34H,6,10-11,13H2,1-5H3,(H2,29,30,31,33). The molecule has 4 heterocycles. The van der Waals surface area contributed by atoms with Crippen molar-refractivity contribution in [1.29, 1.82) is 0 Å². The average Bonchev–Trinajstić information content (AvgIpc) is 3.53. The Morgan fingerprint density at radius 1 is 1.17 bits per heavy atom. The first-order valence-electron chi connectivity index (χ1n) is 12.7. The Morgan fingerprint density at radius 3 is 2.69 bits per heavy atom. The van der Waals surface area contributed by atoms with Crippen molar-refractivity contribution in [2.75, 3.05) is 17.2 Å². The van der Waals surface area contributed by atoms with Gasteiger partial charge in [-0.15, -0.1) is 11.3 Å². The van der Waals surface area contributed by atoms with Crippen LogP contribution in [0.2, 0.25) is 0 Å². The third-order valence-electron chi connectivity index (χ3n) is 7.63. The zero-order valence-electron chi connectivity index (χ0n) is 21.5. The Hall–Kier alpha value is -3.04. The Morgan fingerprint density at radius 2 is 2.00 bits per heavy atom. The first kappa shape index (κ1) is 24.6. The number of hydrogen-bond acceptors (Lipinski definition) is 9. The molecule has 9 heteroatoms. The summed E-state index contributed by atoms with van der Waals surface area (Å²) in [5, 5.41) is 17.8. The number of aryl methyl sites for hydroxylation is 3. The number of aliphatic hydroxyl groups excluding tert-OH is 1. The summed E-state index contributed by atoms with van der Waals surface area (Å²) in [5.41, 5.74) is 3.80. The zero-order chi connectivity index (χ0) is 25.4. The lowest BCUT2D eigenvalue weighted by molar-refractivity contribution is 0.191. The summed E-state index contributed by atoms with van der Waals surface area (Å²) in [7, 11) is 0. The van der Waals surface area contributed by atoms with Crippen LogP contribution in [0, 0.1) is 31.6 Å². The predicted octanol–water partition coefficient (Wildman–Crippen LogP) is 5.60. The molecule has 4 aromatic rings. The maximum Gasteiger partial charge on any atom is 0.225 e. The number of hydrogen-bond donors (Lipinski definition) is 3. The molecule has 0 spiro atoms. The van der Waals surface area contributed by atoms with Gasteiger partial charge in [0.05, 0.1) is 28.7 Å². The minimum absolute atomic E-state index is 0.203. The van der Waals surface area contributed by atoms with Gasteiger partial charge in [-0.3, -0.25) is 4.98 Å². The Kier molecular flexibility index (Phi) is 6.94. The summed E-state index contributed by atoms with van der Waals surface area (Å²) < 4.78 is 7.04. The van der Waals surface area contributed by atoms with Crippen molar-refractivity contribution < 1.29 is 9.52 Å². The van der Waals surface area contributed by atoms with Gasteiger partial charge in [-0.25, -0.2) is 9.97 Å². The Balaban J connectivity index is 1.49. The quantitative estimate of drug-likeness (QED) is 0.283. The van der Waals surface area contributed by atoms with Crippen LogP contribution in [0.3, 0.4) is 0 Å². The number of thiazole rings is 1. The molecule has 0 amide bonds. The van der Waals surface area contributed by atoms with Crippen molar-refractivity contribution in [3.05, 3.63) is 47.3 Å². The van der Waals surface area contributed by atoms with E-state index in [2.05, 4.69) is 49.4 Å². The van der Waals surface area contributed by atoms with E-state index in [9.17, 15) is 5.11 Å². The second-order valence-electron chi connectivity index (χ2n) is 9.89. The summed E-state index contributed by atoms with van der Waals surface area (Å²) >= 11 is 1.62. The van der Waals surface area contributed by atoms with Gasteiger partial charge < -0.3 is 20.2 Å². The Labute approximate surface area is 215 Å². The smallest absolute Gasteiger partial charge is 0.225 e. The molecular weight excluding hydrogens is 472 g/mol. The number of nitrogens with zero attached hydrogens (tertiary/aromatic N) is 4. The minimum Gasteiger partial charge on any atom is -0.464 e. The van der Waals surface area contributed by atoms with Crippen molar-refractivity contribution in [2.24, 2.45) is 17.8 Å². The number of fused-ring (bicyclic) bond motifs is 1. The monoisotopic (exact) mass is 506 g/mol. The highest BCUT2D eigenvalue weighted by molar-refractivity contribution is 7.21. The summed E-state index contributed by atoms with van der Waals surface area (Å²) in [6, 6.07) is 4.25. The third-order valence-corrected chi connectivity index (χ3v) is 8.68. The number of rotatable bonds is 8. The van der Waals surface area contributed by atoms with Gasteiger partial charge in [0.1, 0.15) is 27.9 Å². The summed E-state index contributed by atoms with van der Waals surface area (Å²) in [4.78, 5) is 18.8. The normalized spacial score (nSPS) is 21.8. The first-order valence-corrected chi connectivity index (χ1v) is 13.5. The SMILES string of the molecule is CCc1oc(CNc2nc(C)c(-c3nc4cnccc4s3)c(NC3CC(CO)C(C)C3C)n2)cc1C. The van der Waals surface area contributed by atoms with Crippen LogP contribution in [0.15, 0.2) is 28.9 Å². The molecule has 8 nitrogen and oxygen atoms in total. The highest BCUT2D eigenvalue weighted by atomic mass is 32.1. The van der Waals surface area contributed by atoms with E-state index in [1.54, 1.807) is 23.7 Å². The molecule has 0 aliphatic heterocycles. The number of aromatic nitrogens is 4. The van der Waals surface area contributed by atoms with Crippen LogP contribution >= 0.6 is 11.3 Å². The topological polar surface area (TPSA) is 109 Å². The highest BCUT2D eigenvalue weighted by Crippen LogP contribution is 2.41. The number of anilines is 2. The van der Waals surface area contributed by atoms with E-state index in [1.165, 1.54) is 0 Å². The molecule has 0 bridgehead atoms. The van der Waals surface area contributed by atoms with E-state index in [0.29, 0.717) is 24.3 Å². The molecule has 4 aromatic heterocycles. The van der Waals surface area contributed by atoms with Gasteiger partial charge in [0.15, 0.2) is 0 Å². The fourth-order valence-corrected chi connectivity index (χ4v) is 6.28. The van der Waals surface area contributed by atoms with E-state index in [0.717, 1.165) is 62.2 Å². The van der Waals surface area contributed by atoms with Gasteiger partial charge in [0.2, 0.25) is 5.95 Å². The molecule has 5 rings (SSSR count). The number of nitrogens with one attached hydrogen (secondary N) is 2. The zero-order valence-corrected chi connectivity index (χ0v) is 22.3. The molecule has 36 heavy (non-hydrogen) atoms. The molecule has 3 N–H and O–H groups in total. The molecule has 4 atom stereocenters. The lowest BCUT2D eigenvalue weighted by Crippen LogP contribution is -2.25. The van der Waals surface area contributed by atoms with E-state index >= 15 is 0 Å². The molecule has 4 unspecified atom stereocenters. The first-order chi connectivity index (χ1) is 17.4. The molecule has 1 saturated carbocycles. The van der Waals surface area contributed by atoms with E-state index in [-0.39, 0.29) is 18.6 Å². The lowest BCUT2D eigenvalue weighted by Gasteiger charge is -2.22. The molecular formula is C27H34N6O2S. The van der Waals surface area contributed by atoms with Crippen LogP contribution in [0.5, 0.6) is 0 Å². The fourth-order valence-electron chi connectivity index (χ4n) is 5.25. The second-order valence-corrected chi connectivity index (χ2v) is 10.9. The van der Waals surface area contributed by atoms with E-state index in [4.69, 9.17) is 19.4 Å². The molecule has 1 aliphatic rings. The minimum atomic E-state index is 0.203. The van der Waals surface area contributed by atoms with Crippen LogP contribution in [0.1, 0.15) is 50.0 Å². The largest absolute Gasteiger partial charge is 0.464 e. The predicted molar refractivity (Wildman–Crippen MR) is 144 cm³/mol. The van der Waals surface area contributed by atoms with Gasteiger partial charge in [0.25, 0.3) is 0 Å². The second kappa shape index (κ2) is 10.1. The van der Waals surface area contributed by atoms with Crippen LogP contribution in [-0.4, -0.2) is 37.7 Å². The van der Waals surface area contributed by atoms with Crippen molar-refractivity contribution in [3.8, 4) is 10.6 Å². The molecule has 0 aromatic carbocycles. The highest BCUT2D eigenvalue weighted by Gasteiger charge is 2.38. The van der Waals surface area contributed by atoms with Crippen molar-refractivity contribution in [3.63, 3.8) is 0 Å². The number of pyridine rings is 1. The lowest BCUT2D eigenvalue weighted by atomic mass is 9.92. The Bertz CT molecular complexity index is 1330. The van der Waals surface area contributed by atoms with Gasteiger partial charge in [0, 0.05) is 25.3 Å². The molecule has 0 saturated heterocycles. The van der Waals surface area contributed by atoms with Crippen molar-refractivity contribution >= 4 is 33.3 Å². The summed E-state index contributed by atoms with van der Waals surface area (Å²) in [6.07, 6.45) is 5.35. The molecule has 0 radical (unpaired) electrons. The average molecular weight is 507 g/mol. The van der Waals surface area contributed by atoms with Crippen LogP contribution in [0.4, 0.5) is 11.8 Å². The van der Waals surface area contributed by atoms with Gasteiger partial charge in [-0.2, -0.15) is 4.98 Å². The molecule has 1 fully saturated rings. The maximum absolute atomic E-state index is 9.87. The van der Waals surface area contributed by atoms with Crippen molar-refractivity contribution in [2.45, 2.75) is 60.0 Å². The fraction of sp³-hybridized carbons (Fsp3) is 0.481. The summed E-state index contributed by atoms with van der Waals surface area (Å²) in [5.74, 6) is 4.31. The molecule has 190 valence electrons. The van der Waals surface area contributed by atoms with Gasteiger partial charge >= 0.3 is 0 Å².